The van der Waals surface area contributed by atoms with Crippen LogP contribution in [0.25, 0.3) is 0 Å². The number of carboxylic acids is 1. The van der Waals surface area contributed by atoms with Crippen molar-refractivity contribution < 1.29 is 45.4 Å². The largest absolute Gasteiger partial charge is 0.525 e. The van der Waals surface area contributed by atoms with E-state index in [-0.39, 0.29) is 0 Å². The van der Waals surface area contributed by atoms with Gasteiger partial charge in [-0.2, -0.15) is 17.6 Å². The van der Waals surface area contributed by atoms with Gasteiger partial charge in [-0.3, -0.25) is 0 Å². The molecule has 1 atom stereocenters. The van der Waals surface area contributed by atoms with Gasteiger partial charge in [0.25, 0.3) is 0 Å². The molecule has 0 bridgehead atoms. The van der Waals surface area contributed by atoms with Gasteiger partial charge in [0.1, 0.15) is 0 Å². The molecule has 0 spiro atoms. The van der Waals surface area contributed by atoms with Gasteiger partial charge in [-0.05, 0) is 6.08 Å². The summed E-state index contributed by atoms with van der Waals surface area (Å²) in [5.41, 5.74) is 0. The molecule has 0 amide bonds. The van der Waals surface area contributed by atoms with Crippen LogP contribution in [0.15, 0.2) is 12.2 Å². The number of alkyl halides is 7. The lowest BCUT2D eigenvalue weighted by atomic mass is 10.2. The maximum Gasteiger partial charge on any atom is 0.525 e. The molecule has 0 aromatic rings. The number of carbonyl (C=O) groups is 1. The Morgan fingerprint density at radius 1 is 1.06 bits per heavy atom. The van der Waals surface area contributed by atoms with Gasteiger partial charge in [-0.15, -0.1) is 13.2 Å². The number of ether oxygens (including phenoxy) is 1. The molecule has 16 heavy (non-hydrogen) atoms. The first-order valence-electron chi connectivity index (χ1n) is 3.32. The third-order valence-corrected chi connectivity index (χ3v) is 1.09. The summed E-state index contributed by atoms with van der Waals surface area (Å²) in [4.78, 5) is 9.78. The Kier molecular flexibility index (Phi) is 3.92. The van der Waals surface area contributed by atoms with Gasteiger partial charge in [-0.25, -0.2) is 9.53 Å². The number of carboxylic acid groups (broad SMARTS) is 1. The molecule has 0 aliphatic heterocycles. The highest BCUT2D eigenvalue weighted by atomic mass is 19.4. The monoisotopic (exact) mass is 256 g/mol. The molecule has 0 aromatic carbocycles. The molecule has 3 nitrogen and oxygen atoms in total. The lowest BCUT2D eigenvalue weighted by molar-refractivity contribution is -0.432. The second kappa shape index (κ2) is 4.28. The fraction of sp³-hybridized carbons (Fsp3) is 0.500. The van der Waals surface area contributed by atoms with Crippen LogP contribution in [-0.4, -0.2) is 29.5 Å². The van der Waals surface area contributed by atoms with E-state index in [1.54, 1.807) is 0 Å². The zero-order chi connectivity index (χ0) is 13.2. The number of halogens is 7. The third kappa shape index (κ3) is 4.47. The highest BCUT2D eigenvalue weighted by Gasteiger charge is 2.61. The molecule has 0 heterocycles. The van der Waals surface area contributed by atoms with Crippen molar-refractivity contribution in [1.29, 1.82) is 0 Å². The van der Waals surface area contributed by atoms with Gasteiger partial charge >= 0.3 is 24.4 Å². The summed E-state index contributed by atoms with van der Waals surface area (Å²) in [6, 6.07) is 0. The van der Waals surface area contributed by atoms with E-state index >= 15 is 0 Å². The fourth-order valence-electron chi connectivity index (χ4n) is 0.533. The quantitative estimate of drug-likeness (QED) is 0.623. The van der Waals surface area contributed by atoms with Crippen LogP contribution in [0.2, 0.25) is 0 Å². The zero-order valence-electron chi connectivity index (χ0n) is 7.06. The molecule has 0 radical (unpaired) electrons. The summed E-state index contributed by atoms with van der Waals surface area (Å²) >= 11 is 0. The van der Waals surface area contributed by atoms with Crippen LogP contribution < -0.4 is 0 Å². The number of hydrogen-bond acceptors (Lipinski definition) is 2. The number of aliphatic carboxylic acids is 1. The third-order valence-electron chi connectivity index (χ3n) is 1.09. The van der Waals surface area contributed by atoms with Crippen LogP contribution >= 0.6 is 0 Å². The maximum absolute atomic E-state index is 12.7. The van der Waals surface area contributed by atoms with Crippen molar-refractivity contribution in [1.82, 2.24) is 0 Å². The Hall–Kier alpha value is -1.32. The van der Waals surface area contributed by atoms with Crippen molar-refractivity contribution in [2.75, 3.05) is 0 Å². The SMILES string of the molecule is O=C(O)/C=C\C(F)(OC(F)(F)F)C(F)(F)F. The molecule has 0 rings (SSSR count). The van der Waals surface area contributed by atoms with E-state index in [0.29, 0.717) is 0 Å². The minimum Gasteiger partial charge on any atom is -0.478 e. The van der Waals surface area contributed by atoms with E-state index in [1.165, 1.54) is 0 Å². The molecule has 0 fully saturated rings. The van der Waals surface area contributed by atoms with Crippen molar-refractivity contribution in [2.45, 2.75) is 18.4 Å². The zero-order valence-corrected chi connectivity index (χ0v) is 7.06. The van der Waals surface area contributed by atoms with Crippen molar-refractivity contribution in [3.05, 3.63) is 12.2 Å². The van der Waals surface area contributed by atoms with E-state index in [2.05, 4.69) is 4.74 Å². The predicted octanol–water partition coefficient (Wildman–Crippen LogP) is 2.39. The molecule has 0 aliphatic rings. The van der Waals surface area contributed by atoms with Crippen LogP contribution in [0.5, 0.6) is 0 Å². The van der Waals surface area contributed by atoms with Crippen molar-refractivity contribution in [3.63, 3.8) is 0 Å². The average molecular weight is 256 g/mol. The molecule has 0 aliphatic carbocycles. The summed E-state index contributed by atoms with van der Waals surface area (Å²) in [5.74, 6) is -7.29. The number of hydrogen-bond donors (Lipinski definition) is 1. The normalized spacial score (nSPS) is 17.4. The smallest absolute Gasteiger partial charge is 0.478 e. The Morgan fingerprint density at radius 2 is 1.50 bits per heavy atom. The fourth-order valence-corrected chi connectivity index (χ4v) is 0.533. The second-order valence-electron chi connectivity index (χ2n) is 2.36. The number of rotatable bonds is 3. The Morgan fingerprint density at radius 3 is 1.75 bits per heavy atom. The summed E-state index contributed by atoms with van der Waals surface area (Å²) in [7, 11) is 0. The maximum atomic E-state index is 12.7. The van der Waals surface area contributed by atoms with E-state index < -0.39 is 36.5 Å². The Bertz CT molecular complexity index is 291. The van der Waals surface area contributed by atoms with Crippen LogP contribution in [0, 0.1) is 0 Å². The Balaban J connectivity index is 5.14. The molecular formula is C6H3F7O3. The lowest BCUT2D eigenvalue weighted by Crippen LogP contribution is -2.45. The van der Waals surface area contributed by atoms with E-state index in [4.69, 9.17) is 5.11 Å². The Labute approximate surface area is 83.1 Å². The summed E-state index contributed by atoms with van der Waals surface area (Å²) < 4.78 is 84.8. The summed E-state index contributed by atoms with van der Waals surface area (Å²) in [6.45, 7) is 0. The van der Waals surface area contributed by atoms with Crippen molar-refractivity contribution >= 4 is 5.97 Å². The first-order valence-corrected chi connectivity index (χ1v) is 3.32. The first kappa shape index (κ1) is 14.7. The van der Waals surface area contributed by atoms with E-state index in [1.807, 2.05) is 0 Å². The molecule has 0 saturated carbocycles. The van der Waals surface area contributed by atoms with Gasteiger partial charge in [0.15, 0.2) is 0 Å². The minimum absolute atomic E-state index is 0.445. The standard InChI is InChI=1S/C6H3F7O3/c7-4(5(8,9)10,2-1-3(14)15)16-6(11,12)13/h1-2H,(H,14,15)/b2-1-. The van der Waals surface area contributed by atoms with Crippen molar-refractivity contribution in [3.8, 4) is 0 Å². The first-order chi connectivity index (χ1) is 6.87. The van der Waals surface area contributed by atoms with E-state index in [9.17, 15) is 35.5 Å². The second-order valence-corrected chi connectivity index (χ2v) is 2.36. The molecule has 0 saturated heterocycles. The van der Waals surface area contributed by atoms with Gasteiger partial charge in [0, 0.05) is 6.08 Å². The van der Waals surface area contributed by atoms with E-state index in [0.717, 1.165) is 0 Å². The molecule has 1 N–H and O–H groups in total. The summed E-state index contributed by atoms with van der Waals surface area (Å²) in [5, 5.41) is 7.88. The summed E-state index contributed by atoms with van der Waals surface area (Å²) in [6.07, 6.45) is -13.3. The molecule has 0 aromatic heterocycles. The van der Waals surface area contributed by atoms with Gasteiger partial charge in [0.2, 0.25) is 0 Å². The van der Waals surface area contributed by atoms with Crippen molar-refractivity contribution in [2.24, 2.45) is 0 Å². The van der Waals surface area contributed by atoms with Crippen LogP contribution in [0.1, 0.15) is 0 Å². The molecule has 94 valence electrons. The predicted molar refractivity (Wildman–Crippen MR) is 33.8 cm³/mol. The van der Waals surface area contributed by atoms with Crippen LogP contribution in [-0.2, 0) is 9.53 Å². The highest BCUT2D eigenvalue weighted by Crippen LogP contribution is 2.40. The molecule has 1 unspecified atom stereocenters. The minimum atomic E-state index is -6.06. The molecular weight excluding hydrogens is 253 g/mol. The topological polar surface area (TPSA) is 46.5 Å². The van der Waals surface area contributed by atoms with Gasteiger partial charge in [0.05, 0.1) is 0 Å². The van der Waals surface area contributed by atoms with Gasteiger partial charge < -0.3 is 5.11 Å². The molecule has 10 heteroatoms. The van der Waals surface area contributed by atoms with Crippen LogP contribution in [0.4, 0.5) is 30.7 Å². The van der Waals surface area contributed by atoms with Gasteiger partial charge in [-0.1, -0.05) is 0 Å². The highest BCUT2D eigenvalue weighted by molar-refractivity contribution is 5.79. The lowest BCUT2D eigenvalue weighted by Gasteiger charge is -2.25. The average Bonchev–Trinajstić information content (AvgIpc) is 1.95. The van der Waals surface area contributed by atoms with Crippen LogP contribution in [0.3, 0.4) is 0 Å².